The number of fused-ring (bicyclic) bond motifs is 1. The number of thiophene rings is 1. The summed E-state index contributed by atoms with van der Waals surface area (Å²) >= 11 is 1.84. The van der Waals surface area contributed by atoms with Crippen LogP contribution in [0.1, 0.15) is 29.0 Å². The van der Waals surface area contributed by atoms with E-state index >= 15 is 0 Å². The first-order valence-corrected chi connectivity index (χ1v) is 9.33. The van der Waals surface area contributed by atoms with E-state index in [0.29, 0.717) is 6.04 Å². The molecule has 0 radical (unpaired) electrons. The minimum Gasteiger partial charge on any atom is -0.351 e. The molecule has 2 heterocycles. The molecule has 2 aromatic carbocycles. The third-order valence-electron chi connectivity index (χ3n) is 4.62. The second-order valence-corrected chi connectivity index (χ2v) is 7.45. The fourth-order valence-corrected chi connectivity index (χ4v) is 4.14. The van der Waals surface area contributed by atoms with Crippen LogP contribution in [0.5, 0.6) is 0 Å². The van der Waals surface area contributed by atoms with Crippen molar-refractivity contribution in [3.8, 4) is 0 Å². The predicted octanol–water partition coefficient (Wildman–Crippen LogP) is 6.10. The van der Waals surface area contributed by atoms with E-state index in [9.17, 15) is 0 Å². The highest BCUT2D eigenvalue weighted by atomic mass is 32.1. The molecule has 1 unspecified atom stereocenters. The molecule has 0 aliphatic heterocycles. The molecule has 2 heteroatoms. The number of hydrogen-bond acceptors (Lipinski definition) is 1. The Labute approximate surface area is 147 Å². The van der Waals surface area contributed by atoms with E-state index in [1.54, 1.807) is 0 Å². The van der Waals surface area contributed by atoms with Gasteiger partial charge in [-0.05, 0) is 58.8 Å². The lowest BCUT2D eigenvalue weighted by Crippen LogP contribution is -2.06. The summed E-state index contributed by atoms with van der Waals surface area (Å²) in [5, 5.41) is 4.89. The van der Waals surface area contributed by atoms with Crippen LogP contribution in [0.4, 0.5) is 0 Å². The second kappa shape index (κ2) is 6.66. The molecule has 0 saturated heterocycles. The summed E-state index contributed by atoms with van der Waals surface area (Å²) in [7, 11) is 0. The lowest BCUT2D eigenvalue weighted by atomic mass is 9.95. The van der Waals surface area contributed by atoms with Gasteiger partial charge in [-0.2, -0.15) is 0 Å². The van der Waals surface area contributed by atoms with Crippen LogP contribution in [-0.4, -0.2) is 4.57 Å². The second-order valence-electron chi connectivity index (χ2n) is 6.42. The molecule has 0 aliphatic rings. The van der Waals surface area contributed by atoms with Crippen molar-refractivity contribution >= 4 is 22.1 Å². The number of nitrogens with zero attached hydrogens (tertiary/aromatic N) is 1. The average molecular weight is 331 g/mol. The Bertz CT molecular complexity index is 920. The Hall–Kier alpha value is -2.32. The van der Waals surface area contributed by atoms with Gasteiger partial charge in [0.1, 0.15) is 0 Å². The van der Waals surface area contributed by atoms with E-state index in [1.807, 2.05) is 11.3 Å². The summed E-state index contributed by atoms with van der Waals surface area (Å²) in [6, 6.07) is 22.5. The standard InChI is InChI=1S/C22H21NS/c1-17(23-10-4-5-11-23)13-18-14-19-7-2-3-9-22(19)20(15-18)16-21-8-6-12-24-21/h2-12,14-15,17H,13,16H2,1H3. The summed E-state index contributed by atoms with van der Waals surface area (Å²) in [4.78, 5) is 1.43. The fourth-order valence-electron chi connectivity index (χ4n) is 3.41. The van der Waals surface area contributed by atoms with Gasteiger partial charge in [0.25, 0.3) is 0 Å². The SMILES string of the molecule is CC(Cc1cc(Cc2cccs2)c2ccccc2c1)n1cccc1. The Balaban J connectivity index is 1.71. The van der Waals surface area contributed by atoms with Crippen LogP contribution in [0, 0.1) is 0 Å². The zero-order valence-corrected chi connectivity index (χ0v) is 14.7. The summed E-state index contributed by atoms with van der Waals surface area (Å²) in [5.74, 6) is 0. The summed E-state index contributed by atoms with van der Waals surface area (Å²) in [6.45, 7) is 2.29. The third kappa shape index (κ3) is 3.15. The van der Waals surface area contributed by atoms with E-state index in [2.05, 4.69) is 89.9 Å². The van der Waals surface area contributed by atoms with Crippen LogP contribution in [0.25, 0.3) is 10.8 Å². The Kier molecular flexibility index (Phi) is 4.22. The predicted molar refractivity (Wildman–Crippen MR) is 104 cm³/mol. The fraction of sp³-hybridized carbons (Fsp3) is 0.182. The molecule has 4 aromatic rings. The van der Waals surface area contributed by atoms with Gasteiger partial charge in [0, 0.05) is 29.7 Å². The summed E-state index contributed by atoms with van der Waals surface area (Å²) in [5.41, 5.74) is 2.85. The smallest absolute Gasteiger partial charge is 0.0342 e. The number of aromatic nitrogens is 1. The van der Waals surface area contributed by atoms with Crippen LogP contribution in [-0.2, 0) is 12.8 Å². The number of benzene rings is 2. The molecule has 0 saturated carbocycles. The first-order chi connectivity index (χ1) is 11.8. The van der Waals surface area contributed by atoms with Gasteiger partial charge < -0.3 is 4.57 Å². The highest BCUT2D eigenvalue weighted by molar-refractivity contribution is 7.09. The molecular weight excluding hydrogens is 310 g/mol. The molecular formula is C22H21NS. The summed E-state index contributed by atoms with van der Waals surface area (Å²) in [6.07, 6.45) is 6.37. The van der Waals surface area contributed by atoms with Crippen molar-refractivity contribution < 1.29 is 0 Å². The van der Waals surface area contributed by atoms with Crippen molar-refractivity contribution in [3.63, 3.8) is 0 Å². The minimum absolute atomic E-state index is 0.468. The van der Waals surface area contributed by atoms with Gasteiger partial charge in [0.05, 0.1) is 0 Å². The van der Waals surface area contributed by atoms with Crippen LogP contribution in [0.3, 0.4) is 0 Å². The van der Waals surface area contributed by atoms with E-state index in [1.165, 1.54) is 26.8 Å². The van der Waals surface area contributed by atoms with Crippen LogP contribution in [0.2, 0.25) is 0 Å². The van der Waals surface area contributed by atoms with Gasteiger partial charge >= 0.3 is 0 Å². The molecule has 0 bridgehead atoms. The molecule has 0 amide bonds. The molecule has 0 spiro atoms. The van der Waals surface area contributed by atoms with Gasteiger partial charge in [-0.3, -0.25) is 0 Å². The number of hydrogen-bond donors (Lipinski definition) is 0. The first-order valence-electron chi connectivity index (χ1n) is 8.45. The topological polar surface area (TPSA) is 4.93 Å². The average Bonchev–Trinajstić information content (AvgIpc) is 3.28. The molecule has 0 aliphatic carbocycles. The molecule has 0 fully saturated rings. The Morgan fingerprint density at radius 2 is 1.79 bits per heavy atom. The molecule has 120 valence electrons. The van der Waals surface area contributed by atoms with Crippen molar-refractivity contribution in [1.29, 1.82) is 0 Å². The van der Waals surface area contributed by atoms with Crippen molar-refractivity contribution in [2.24, 2.45) is 0 Å². The van der Waals surface area contributed by atoms with Gasteiger partial charge in [0.15, 0.2) is 0 Å². The van der Waals surface area contributed by atoms with E-state index in [4.69, 9.17) is 0 Å². The van der Waals surface area contributed by atoms with Crippen molar-refractivity contribution in [2.45, 2.75) is 25.8 Å². The quantitative estimate of drug-likeness (QED) is 0.416. The molecule has 0 N–H and O–H groups in total. The van der Waals surface area contributed by atoms with Crippen molar-refractivity contribution in [2.75, 3.05) is 0 Å². The highest BCUT2D eigenvalue weighted by Crippen LogP contribution is 2.27. The van der Waals surface area contributed by atoms with E-state index in [-0.39, 0.29) is 0 Å². The number of rotatable bonds is 5. The molecule has 1 atom stereocenters. The third-order valence-corrected chi connectivity index (χ3v) is 5.50. The zero-order valence-electron chi connectivity index (χ0n) is 13.9. The van der Waals surface area contributed by atoms with Crippen molar-refractivity contribution in [1.82, 2.24) is 4.57 Å². The van der Waals surface area contributed by atoms with E-state index in [0.717, 1.165) is 12.8 Å². The highest BCUT2D eigenvalue weighted by Gasteiger charge is 2.09. The Morgan fingerprint density at radius 3 is 2.58 bits per heavy atom. The maximum atomic E-state index is 2.40. The maximum Gasteiger partial charge on any atom is 0.0342 e. The lowest BCUT2D eigenvalue weighted by molar-refractivity contribution is 0.547. The van der Waals surface area contributed by atoms with E-state index < -0.39 is 0 Å². The van der Waals surface area contributed by atoms with Crippen molar-refractivity contribution in [3.05, 3.63) is 94.4 Å². The maximum absolute atomic E-state index is 2.40. The molecule has 2 aromatic heterocycles. The van der Waals surface area contributed by atoms with Crippen LogP contribution in [0.15, 0.2) is 78.4 Å². The van der Waals surface area contributed by atoms with Crippen LogP contribution < -0.4 is 0 Å². The molecule has 24 heavy (non-hydrogen) atoms. The van der Waals surface area contributed by atoms with Crippen LogP contribution >= 0.6 is 11.3 Å². The normalized spacial score (nSPS) is 12.5. The largest absolute Gasteiger partial charge is 0.351 e. The Morgan fingerprint density at radius 1 is 0.958 bits per heavy atom. The van der Waals surface area contributed by atoms with Gasteiger partial charge in [0.2, 0.25) is 0 Å². The first kappa shape index (κ1) is 15.2. The van der Waals surface area contributed by atoms with Gasteiger partial charge in [-0.15, -0.1) is 11.3 Å². The van der Waals surface area contributed by atoms with Gasteiger partial charge in [-0.1, -0.05) is 42.5 Å². The minimum atomic E-state index is 0.468. The zero-order chi connectivity index (χ0) is 16.4. The lowest BCUT2D eigenvalue weighted by Gasteiger charge is -2.16. The summed E-state index contributed by atoms with van der Waals surface area (Å²) < 4.78 is 2.29. The monoisotopic (exact) mass is 331 g/mol. The van der Waals surface area contributed by atoms with Gasteiger partial charge in [-0.25, -0.2) is 0 Å². The molecule has 1 nitrogen and oxygen atoms in total. The molecule has 4 rings (SSSR count).